The summed E-state index contributed by atoms with van der Waals surface area (Å²) >= 11 is 0. The molecule has 1 rings (SSSR count). The molecule has 0 aliphatic carbocycles. The number of ether oxygens (including phenoxy) is 1. The van der Waals surface area contributed by atoms with E-state index in [4.69, 9.17) is 4.74 Å². The predicted octanol–water partition coefficient (Wildman–Crippen LogP) is 2.11. The summed E-state index contributed by atoms with van der Waals surface area (Å²) in [4.78, 5) is 11.6. The fraction of sp³-hybridized carbons (Fsp3) is 0.533. The van der Waals surface area contributed by atoms with Gasteiger partial charge in [0.25, 0.3) is 0 Å². The summed E-state index contributed by atoms with van der Waals surface area (Å²) in [5.74, 6) is -0.0769. The van der Waals surface area contributed by atoms with Gasteiger partial charge in [-0.2, -0.15) is 4.72 Å². The van der Waals surface area contributed by atoms with Crippen LogP contribution in [0.2, 0.25) is 0 Å². The lowest BCUT2D eigenvalue weighted by Gasteiger charge is -2.13. The van der Waals surface area contributed by atoms with E-state index in [0.29, 0.717) is 5.92 Å². The minimum atomic E-state index is -3.72. The summed E-state index contributed by atoms with van der Waals surface area (Å²) in [6.07, 6.45) is 0.896. The van der Waals surface area contributed by atoms with Crippen molar-refractivity contribution in [3.05, 3.63) is 29.8 Å². The largest absolute Gasteiger partial charge is 0.465 e. The highest BCUT2D eigenvalue weighted by Crippen LogP contribution is 2.14. The Kier molecular flexibility index (Phi) is 6.36. The van der Waals surface area contributed by atoms with Gasteiger partial charge in [0.1, 0.15) is 6.04 Å². The van der Waals surface area contributed by atoms with Gasteiger partial charge in [-0.05, 0) is 43.9 Å². The number of hydrogen-bond donors (Lipinski definition) is 1. The van der Waals surface area contributed by atoms with Crippen LogP contribution in [0.25, 0.3) is 0 Å². The Morgan fingerprint density at radius 2 is 1.76 bits per heavy atom. The normalized spacial score (nSPS) is 13.2. The molecule has 0 radical (unpaired) electrons. The lowest BCUT2D eigenvalue weighted by molar-refractivity contribution is -0.144. The highest BCUT2D eigenvalue weighted by atomic mass is 32.2. The van der Waals surface area contributed by atoms with E-state index in [9.17, 15) is 13.2 Å². The van der Waals surface area contributed by atoms with Crippen molar-refractivity contribution in [2.75, 3.05) is 6.61 Å². The molecule has 1 atom stereocenters. The van der Waals surface area contributed by atoms with Crippen molar-refractivity contribution in [3.63, 3.8) is 0 Å². The Hall–Kier alpha value is -1.40. The third kappa shape index (κ3) is 5.47. The molecule has 1 aromatic carbocycles. The molecule has 21 heavy (non-hydrogen) atoms. The molecule has 6 heteroatoms. The maximum Gasteiger partial charge on any atom is 0.323 e. The molecule has 0 spiro atoms. The zero-order chi connectivity index (χ0) is 16.0. The van der Waals surface area contributed by atoms with Crippen LogP contribution in [0.3, 0.4) is 0 Å². The number of carbonyl (C=O) groups is 1. The van der Waals surface area contributed by atoms with Gasteiger partial charge in [-0.1, -0.05) is 26.0 Å². The van der Waals surface area contributed by atoms with Crippen LogP contribution in [0.15, 0.2) is 29.2 Å². The molecular formula is C15H23NO4S. The number of hydrogen-bond acceptors (Lipinski definition) is 4. The second-order valence-electron chi connectivity index (χ2n) is 5.34. The maximum atomic E-state index is 12.2. The average Bonchev–Trinajstić information content (AvgIpc) is 2.38. The predicted molar refractivity (Wildman–Crippen MR) is 81.4 cm³/mol. The van der Waals surface area contributed by atoms with Gasteiger partial charge in [0.15, 0.2) is 0 Å². The van der Waals surface area contributed by atoms with E-state index >= 15 is 0 Å². The fourth-order valence-electron chi connectivity index (χ4n) is 1.89. The second-order valence-corrected chi connectivity index (χ2v) is 7.05. The molecule has 5 nitrogen and oxygen atoms in total. The molecule has 1 unspecified atom stereocenters. The Labute approximate surface area is 126 Å². The summed E-state index contributed by atoms with van der Waals surface area (Å²) in [5.41, 5.74) is 1.09. The Balaban J connectivity index is 2.81. The average molecular weight is 313 g/mol. The van der Waals surface area contributed by atoms with Crippen molar-refractivity contribution >= 4 is 16.0 Å². The topological polar surface area (TPSA) is 72.5 Å². The quantitative estimate of drug-likeness (QED) is 0.783. The van der Waals surface area contributed by atoms with Gasteiger partial charge in [-0.15, -0.1) is 0 Å². The van der Waals surface area contributed by atoms with Crippen molar-refractivity contribution in [2.24, 2.45) is 5.92 Å². The number of esters is 1. The van der Waals surface area contributed by atoms with Crippen molar-refractivity contribution in [1.29, 1.82) is 0 Å². The molecule has 0 fully saturated rings. The molecule has 0 bridgehead atoms. The van der Waals surface area contributed by atoms with E-state index in [1.54, 1.807) is 31.2 Å². The van der Waals surface area contributed by atoms with Crippen molar-refractivity contribution in [1.82, 2.24) is 4.72 Å². The van der Waals surface area contributed by atoms with Crippen LogP contribution >= 0.6 is 0 Å². The zero-order valence-corrected chi connectivity index (χ0v) is 13.7. The van der Waals surface area contributed by atoms with Gasteiger partial charge in [0.05, 0.1) is 11.5 Å². The molecule has 0 aromatic heterocycles. The van der Waals surface area contributed by atoms with Gasteiger partial charge < -0.3 is 4.74 Å². The molecule has 0 aliphatic rings. The number of rotatable bonds is 7. The molecule has 1 aromatic rings. The number of carbonyl (C=O) groups excluding carboxylic acids is 1. The van der Waals surface area contributed by atoms with E-state index in [1.807, 2.05) is 0 Å². The van der Waals surface area contributed by atoms with Gasteiger partial charge >= 0.3 is 5.97 Å². The highest BCUT2D eigenvalue weighted by Gasteiger charge is 2.22. The molecule has 1 N–H and O–H groups in total. The Morgan fingerprint density at radius 1 is 1.19 bits per heavy atom. The number of benzene rings is 1. The monoisotopic (exact) mass is 313 g/mol. The van der Waals surface area contributed by atoms with Crippen molar-refractivity contribution in [3.8, 4) is 0 Å². The second kappa shape index (κ2) is 7.56. The van der Waals surface area contributed by atoms with Crippen LogP contribution in [0.5, 0.6) is 0 Å². The minimum absolute atomic E-state index is 0.145. The van der Waals surface area contributed by atoms with Crippen LogP contribution in [0, 0.1) is 5.92 Å². The fourth-order valence-corrected chi connectivity index (χ4v) is 3.08. The van der Waals surface area contributed by atoms with E-state index < -0.39 is 22.0 Å². The van der Waals surface area contributed by atoms with Crippen molar-refractivity contribution in [2.45, 2.75) is 45.1 Å². The first-order chi connectivity index (χ1) is 9.76. The van der Waals surface area contributed by atoms with Gasteiger partial charge in [-0.25, -0.2) is 8.42 Å². The van der Waals surface area contributed by atoms with E-state index in [1.165, 1.54) is 6.92 Å². The summed E-state index contributed by atoms with van der Waals surface area (Å²) < 4.78 is 31.4. The van der Waals surface area contributed by atoms with Gasteiger partial charge in [-0.3, -0.25) is 4.79 Å². The molecule has 0 amide bonds. The smallest absolute Gasteiger partial charge is 0.323 e. The van der Waals surface area contributed by atoms with Crippen LogP contribution in [-0.2, 0) is 26.0 Å². The van der Waals surface area contributed by atoms with E-state index in [0.717, 1.165) is 12.0 Å². The standard InChI is InChI=1S/C15H23NO4S/c1-5-20-15(17)12(4)16-21(18,19)14-8-6-13(7-9-14)10-11(2)3/h6-9,11-12,16H,5,10H2,1-4H3. The first-order valence-electron chi connectivity index (χ1n) is 7.04. The summed E-state index contributed by atoms with van der Waals surface area (Å²) in [6.45, 7) is 7.56. The third-order valence-electron chi connectivity index (χ3n) is 2.85. The summed E-state index contributed by atoms with van der Waals surface area (Å²) in [5, 5.41) is 0. The zero-order valence-electron chi connectivity index (χ0n) is 12.9. The lowest BCUT2D eigenvalue weighted by atomic mass is 10.0. The van der Waals surface area contributed by atoms with Crippen LogP contribution in [0.4, 0.5) is 0 Å². The summed E-state index contributed by atoms with van der Waals surface area (Å²) in [7, 11) is -3.72. The third-order valence-corrected chi connectivity index (χ3v) is 4.41. The van der Waals surface area contributed by atoms with E-state index in [2.05, 4.69) is 18.6 Å². The van der Waals surface area contributed by atoms with Crippen LogP contribution in [0.1, 0.15) is 33.3 Å². The van der Waals surface area contributed by atoms with Gasteiger partial charge in [0, 0.05) is 0 Å². The Morgan fingerprint density at radius 3 is 2.24 bits per heavy atom. The van der Waals surface area contributed by atoms with Gasteiger partial charge in [0.2, 0.25) is 10.0 Å². The Bertz CT molecular complexity index is 564. The number of sulfonamides is 1. The van der Waals surface area contributed by atoms with E-state index in [-0.39, 0.29) is 11.5 Å². The molecular weight excluding hydrogens is 290 g/mol. The van der Waals surface area contributed by atoms with Crippen LogP contribution in [-0.4, -0.2) is 27.0 Å². The molecule has 118 valence electrons. The highest BCUT2D eigenvalue weighted by molar-refractivity contribution is 7.89. The first kappa shape index (κ1) is 17.7. The molecule has 0 heterocycles. The van der Waals surface area contributed by atoms with Crippen molar-refractivity contribution < 1.29 is 17.9 Å². The first-order valence-corrected chi connectivity index (χ1v) is 8.52. The molecule has 0 saturated carbocycles. The molecule has 0 saturated heterocycles. The minimum Gasteiger partial charge on any atom is -0.465 e. The maximum absolute atomic E-state index is 12.2. The summed E-state index contributed by atoms with van der Waals surface area (Å²) in [6, 6.07) is 5.79. The SMILES string of the molecule is CCOC(=O)C(C)NS(=O)(=O)c1ccc(CC(C)C)cc1. The number of nitrogens with one attached hydrogen (secondary N) is 1. The molecule has 0 aliphatic heterocycles. The van der Waals surface area contributed by atoms with Crippen LogP contribution < -0.4 is 4.72 Å². The lowest BCUT2D eigenvalue weighted by Crippen LogP contribution is -2.39.